The lowest BCUT2D eigenvalue weighted by Gasteiger charge is -2.30. The predicted molar refractivity (Wildman–Crippen MR) is 134 cm³/mol. The lowest BCUT2D eigenvalue weighted by Crippen LogP contribution is -2.37. The molecule has 1 aliphatic heterocycles. The standard InChI is InChI=1S/C28H24ClN3O2/c1-34-23-12-10-20(11-13-23)27-24-18-32(26(33)17-19-6-5-9-22(29)16-19)15-14-25(24)30-28(31-27)21-7-3-2-4-8-21/h2-13,16H,14-15,17-18H2,1H3. The number of ether oxygens (including phenoxy) is 1. The summed E-state index contributed by atoms with van der Waals surface area (Å²) in [6.45, 7) is 1.10. The van der Waals surface area contributed by atoms with Crippen LogP contribution < -0.4 is 4.74 Å². The third-order valence-corrected chi connectivity index (χ3v) is 6.29. The monoisotopic (exact) mass is 469 g/mol. The smallest absolute Gasteiger partial charge is 0.227 e. The molecule has 34 heavy (non-hydrogen) atoms. The molecule has 4 aromatic rings. The molecule has 0 fully saturated rings. The summed E-state index contributed by atoms with van der Waals surface area (Å²) in [6.07, 6.45) is 0.999. The fourth-order valence-corrected chi connectivity index (χ4v) is 4.48. The highest BCUT2D eigenvalue weighted by atomic mass is 35.5. The van der Waals surface area contributed by atoms with Crippen molar-refractivity contribution in [2.75, 3.05) is 13.7 Å². The molecule has 0 atom stereocenters. The van der Waals surface area contributed by atoms with Crippen molar-refractivity contribution in [3.05, 3.63) is 101 Å². The van der Waals surface area contributed by atoms with Crippen LogP contribution in [0.3, 0.4) is 0 Å². The summed E-state index contributed by atoms with van der Waals surface area (Å²) in [5, 5.41) is 0.637. The third kappa shape index (κ3) is 4.66. The molecule has 1 aliphatic rings. The Bertz CT molecular complexity index is 1320. The molecule has 2 heterocycles. The second-order valence-electron chi connectivity index (χ2n) is 8.29. The maximum atomic E-state index is 13.1. The number of halogens is 1. The van der Waals surface area contributed by atoms with Crippen LogP contribution >= 0.6 is 11.6 Å². The van der Waals surface area contributed by atoms with E-state index < -0.39 is 0 Å². The summed E-state index contributed by atoms with van der Waals surface area (Å²) < 4.78 is 5.33. The quantitative estimate of drug-likeness (QED) is 0.381. The van der Waals surface area contributed by atoms with E-state index in [9.17, 15) is 4.79 Å². The minimum Gasteiger partial charge on any atom is -0.497 e. The van der Waals surface area contributed by atoms with Gasteiger partial charge in [0.15, 0.2) is 5.82 Å². The molecule has 0 unspecified atom stereocenters. The Hall–Kier alpha value is -3.70. The summed E-state index contributed by atoms with van der Waals surface area (Å²) in [5.74, 6) is 1.55. The van der Waals surface area contributed by atoms with Crippen molar-refractivity contribution < 1.29 is 9.53 Å². The van der Waals surface area contributed by atoms with E-state index in [1.807, 2.05) is 83.8 Å². The van der Waals surface area contributed by atoms with Crippen LogP contribution in [-0.2, 0) is 24.2 Å². The molecule has 0 bridgehead atoms. The van der Waals surface area contributed by atoms with Crippen molar-refractivity contribution in [2.24, 2.45) is 0 Å². The zero-order valence-corrected chi connectivity index (χ0v) is 19.6. The molecule has 1 aromatic heterocycles. The molecule has 3 aromatic carbocycles. The van der Waals surface area contributed by atoms with Gasteiger partial charge in [-0.1, -0.05) is 54.1 Å². The van der Waals surface area contributed by atoms with Crippen molar-refractivity contribution in [3.63, 3.8) is 0 Å². The van der Waals surface area contributed by atoms with Crippen LogP contribution in [0.1, 0.15) is 16.8 Å². The highest BCUT2D eigenvalue weighted by molar-refractivity contribution is 6.30. The van der Waals surface area contributed by atoms with Gasteiger partial charge in [-0.25, -0.2) is 9.97 Å². The molecule has 0 saturated heterocycles. The SMILES string of the molecule is COc1ccc(-c2nc(-c3ccccc3)nc3c2CN(C(=O)Cc2cccc(Cl)c2)CC3)cc1. The van der Waals surface area contributed by atoms with Gasteiger partial charge in [-0.15, -0.1) is 0 Å². The van der Waals surface area contributed by atoms with Crippen LogP contribution in [0.5, 0.6) is 5.75 Å². The van der Waals surface area contributed by atoms with Gasteiger partial charge >= 0.3 is 0 Å². The van der Waals surface area contributed by atoms with E-state index in [0.29, 0.717) is 36.8 Å². The molecule has 6 heteroatoms. The molecule has 1 amide bonds. The van der Waals surface area contributed by atoms with Crippen molar-refractivity contribution in [1.29, 1.82) is 0 Å². The van der Waals surface area contributed by atoms with E-state index in [-0.39, 0.29) is 5.91 Å². The van der Waals surface area contributed by atoms with Gasteiger partial charge in [0.2, 0.25) is 5.91 Å². The first-order chi connectivity index (χ1) is 16.6. The number of amides is 1. The highest BCUT2D eigenvalue weighted by Crippen LogP contribution is 2.32. The van der Waals surface area contributed by atoms with Crippen molar-refractivity contribution in [3.8, 4) is 28.4 Å². The van der Waals surface area contributed by atoms with Gasteiger partial charge in [0.1, 0.15) is 5.75 Å². The molecule has 0 spiro atoms. The first-order valence-corrected chi connectivity index (χ1v) is 11.6. The van der Waals surface area contributed by atoms with E-state index in [0.717, 1.165) is 39.4 Å². The number of rotatable bonds is 5. The summed E-state index contributed by atoms with van der Waals surface area (Å²) in [5.41, 5.74) is 5.70. The summed E-state index contributed by atoms with van der Waals surface area (Å²) >= 11 is 6.11. The van der Waals surface area contributed by atoms with Crippen LogP contribution in [0.2, 0.25) is 5.02 Å². The largest absolute Gasteiger partial charge is 0.497 e. The molecule has 0 N–H and O–H groups in total. The minimum atomic E-state index is 0.0701. The Balaban J connectivity index is 1.51. The van der Waals surface area contributed by atoms with Crippen LogP contribution in [-0.4, -0.2) is 34.4 Å². The normalized spacial score (nSPS) is 12.8. The third-order valence-electron chi connectivity index (χ3n) is 6.05. The molecule has 5 nitrogen and oxygen atoms in total. The first kappa shape index (κ1) is 22.1. The van der Waals surface area contributed by atoms with Crippen LogP contribution in [0.4, 0.5) is 0 Å². The number of hydrogen-bond acceptors (Lipinski definition) is 4. The van der Waals surface area contributed by atoms with Gasteiger partial charge in [-0.2, -0.15) is 0 Å². The number of nitrogens with zero attached hydrogens (tertiary/aromatic N) is 3. The Morgan fingerprint density at radius 1 is 0.971 bits per heavy atom. The highest BCUT2D eigenvalue weighted by Gasteiger charge is 2.26. The second-order valence-corrected chi connectivity index (χ2v) is 8.72. The van der Waals surface area contributed by atoms with Gasteiger partial charge < -0.3 is 9.64 Å². The fraction of sp³-hybridized carbons (Fsp3) is 0.179. The van der Waals surface area contributed by atoms with E-state index >= 15 is 0 Å². The average molecular weight is 470 g/mol. The van der Waals surface area contributed by atoms with Crippen molar-refractivity contribution in [1.82, 2.24) is 14.9 Å². The molecule has 170 valence electrons. The van der Waals surface area contributed by atoms with Crippen molar-refractivity contribution >= 4 is 17.5 Å². The predicted octanol–water partition coefficient (Wildman–Crippen LogP) is 5.60. The summed E-state index contributed by atoms with van der Waals surface area (Å²) in [6, 6.07) is 25.3. The Labute approximate surface area is 204 Å². The number of aromatic nitrogens is 2. The Kier molecular flexibility index (Phi) is 6.28. The van der Waals surface area contributed by atoms with Crippen LogP contribution in [0.15, 0.2) is 78.9 Å². The Morgan fingerprint density at radius 3 is 2.50 bits per heavy atom. The average Bonchev–Trinajstić information content (AvgIpc) is 2.88. The topological polar surface area (TPSA) is 55.3 Å². The van der Waals surface area contributed by atoms with E-state index in [2.05, 4.69) is 0 Å². The van der Waals surface area contributed by atoms with E-state index in [4.69, 9.17) is 26.3 Å². The first-order valence-electron chi connectivity index (χ1n) is 11.2. The maximum absolute atomic E-state index is 13.1. The molecule has 0 saturated carbocycles. The number of hydrogen-bond donors (Lipinski definition) is 0. The lowest BCUT2D eigenvalue weighted by atomic mass is 9.98. The van der Waals surface area contributed by atoms with Crippen LogP contribution in [0, 0.1) is 0 Å². The molecule has 5 rings (SSSR count). The maximum Gasteiger partial charge on any atom is 0.227 e. The zero-order valence-electron chi connectivity index (χ0n) is 18.9. The van der Waals surface area contributed by atoms with Gasteiger partial charge in [-0.05, 0) is 42.0 Å². The van der Waals surface area contributed by atoms with Gasteiger partial charge in [0, 0.05) is 41.2 Å². The number of carbonyl (C=O) groups excluding carboxylic acids is 1. The fourth-order valence-electron chi connectivity index (χ4n) is 4.26. The summed E-state index contributed by atoms with van der Waals surface area (Å²) in [7, 11) is 1.65. The molecular weight excluding hydrogens is 446 g/mol. The molecule has 0 radical (unpaired) electrons. The minimum absolute atomic E-state index is 0.0701. The van der Waals surface area contributed by atoms with E-state index in [1.165, 1.54) is 0 Å². The number of fused-ring (bicyclic) bond motifs is 1. The molecular formula is C28H24ClN3O2. The van der Waals surface area contributed by atoms with Gasteiger partial charge in [-0.3, -0.25) is 4.79 Å². The second kappa shape index (κ2) is 9.65. The number of benzene rings is 3. The van der Waals surface area contributed by atoms with Gasteiger partial charge in [0.25, 0.3) is 0 Å². The zero-order chi connectivity index (χ0) is 23.5. The van der Waals surface area contributed by atoms with Gasteiger partial charge in [0.05, 0.1) is 24.9 Å². The number of methoxy groups -OCH3 is 1. The van der Waals surface area contributed by atoms with E-state index in [1.54, 1.807) is 7.11 Å². The lowest BCUT2D eigenvalue weighted by molar-refractivity contribution is -0.131. The number of carbonyl (C=O) groups is 1. The Morgan fingerprint density at radius 2 is 1.76 bits per heavy atom. The molecule has 0 aliphatic carbocycles. The van der Waals surface area contributed by atoms with Crippen molar-refractivity contribution in [2.45, 2.75) is 19.4 Å². The van der Waals surface area contributed by atoms with Crippen LogP contribution in [0.25, 0.3) is 22.6 Å². The summed E-state index contributed by atoms with van der Waals surface area (Å²) in [4.78, 5) is 24.9.